The Hall–Kier alpha value is -2.88. The Morgan fingerprint density at radius 2 is 1.67 bits per heavy atom. The summed E-state index contributed by atoms with van der Waals surface area (Å²) < 4.78 is 41.1. The fourth-order valence-corrected chi connectivity index (χ4v) is 3.43. The van der Waals surface area contributed by atoms with Crippen LogP contribution in [0.5, 0.6) is 0 Å². The molecule has 3 rings (SSSR count). The highest BCUT2D eigenvalue weighted by molar-refractivity contribution is 7.82. The van der Waals surface area contributed by atoms with Crippen molar-refractivity contribution in [3.8, 4) is 0 Å². The molecule has 0 saturated carbocycles. The van der Waals surface area contributed by atoms with Crippen LogP contribution in [0.15, 0.2) is 42.5 Å². The van der Waals surface area contributed by atoms with Gasteiger partial charge >= 0.3 is 12.2 Å². The number of alkyl halides is 3. The first-order valence-electron chi connectivity index (χ1n) is 9.32. The Kier molecular flexibility index (Phi) is 6.45. The first kappa shape index (κ1) is 21.8. The highest BCUT2D eigenvalue weighted by Crippen LogP contribution is 2.35. The molecule has 2 aromatic rings. The van der Waals surface area contributed by atoms with Crippen LogP contribution in [0.3, 0.4) is 0 Å². The maximum absolute atomic E-state index is 13.4. The number of carbonyl (C=O) groups is 2. The second-order valence-electron chi connectivity index (χ2n) is 6.97. The van der Waals surface area contributed by atoms with E-state index in [9.17, 15) is 22.8 Å². The van der Waals surface area contributed by atoms with Crippen LogP contribution in [-0.4, -0.2) is 25.0 Å². The van der Waals surface area contributed by atoms with Crippen molar-refractivity contribution in [3.05, 3.63) is 53.6 Å². The van der Waals surface area contributed by atoms with Gasteiger partial charge in [0, 0.05) is 30.0 Å². The summed E-state index contributed by atoms with van der Waals surface area (Å²) in [4.78, 5) is 25.6. The van der Waals surface area contributed by atoms with E-state index in [1.807, 2.05) is 4.90 Å². The topological polar surface area (TPSA) is 78.7 Å². The van der Waals surface area contributed by atoms with Crippen LogP contribution in [-0.2, 0) is 6.18 Å². The lowest BCUT2D eigenvalue weighted by atomic mass is 10.1. The zero-order valence-corrected chi connectivity index (χ0v) is 16.8. The molecule has 3 amide bonds. The summed E-state index contributed by atoms with van der Waals surface area (Å²) in [6.45, 7) is 1.33. The van der Waals surface area contributed by atoms with Crippen molar-refractivity contribution in [1.82, 2.24) is 0 Å². The van der Waals surface area contributed by atoms with E-state index < -0.39 is 23.7 Å². The van der Waals surface area contributed by atoms with Gasteiger partial charge in [-0.1, -0.05) is 12.8 Å². The molecule has 0 spiro atoms. The Morgan fingerprint density at radius 1 is 1.03 bits per heavy atom. The molecule has 0 radical (unpaired) electrons. The summed E-state index contributed by atoms with van der Waals surface area (Å²) in [6, 6.07) is 8.53. The normalized spacial score (nSPS) is 14.3. The number of anilines is 3. The number of urea groups is 1. The summed E-state index contributed by atoms with van der Waals surface area (Å²) in [6.07, 6.45) is -1.69. The molecule has 30 heavy (non-hydrogen) atoms. The van der Waals surface area contributed by atoms with Crippen molar-refractivity contribution in [2.45, 2.75) is 25.4 Å². The molecule has 0 bridgehead atoms. The highest BCUT2D eigenvalue weighted by atomic mass is 32.1. The molecule has 1 heterocycles. The third-order valence-electron chi connectivity index (χ3n) is 4.81. The van der Waals surface area contributed by atoms with E-state index in [1.54, 1.807) is 0 Å². The van der Waals surface area contributed by atoms with E-state index >= 15 is 0 Å². The number of nitrogens with one attached hydrogen (secondary N) is 1. The molecule has 0 unspecified atom stereocenters. The lowest BCUT2D eigenvalue weighted by molar-refractivity contribution is -0.137. The van der Waals surface area contributed by atoms with E-state index in [0.29, 0.717) is 24.5 Å². The number of rotatable bonds is 4. The predicted octanol–water partition coefficient (Wildman–Crippen LogP) is 4.68. The third-order valence-corrected chi connectivity index (χ3v) is 5.22. The van der Waals surface area contributed by atoms with Crippen LogP contribution in [0.25, 0.3) is 0 Å². The fraction of sp³-hybridized carbons (Fsp3) is 0.300. The van der Waals surface area contributed by atoms with Gasteiger partial charge in [0.2, 0.25) is 5.91 Å². The molecule has 0 aromatic heterocycles. The number of halogens is 3. The second-order valence-corrected chi connectivity index (χ2v) is 7.37. The third kappa shape index (κ3) is 5.18. The minimum Gasteiger partial charge on any atom is -0.371 e. The molecular formula is C20H21F3N4O2S. The Labute approximate surface area is 177 Å². The number of primary amides is 1. The maximum atomic E-state index is 13.4. The molecule has 160 valence electrons. The summed E-state index contributed by atoms with van der Waals surface area (Å²) in [7, 11) is 0. The number of carbonyl (C=O) groups excluding carboxylic acids is 2. The molecule has 1 aliphatic heterocycles. The van der Waals surface area contributed by atoms with E-state index in [-0.39, 0.29) is 11.3 Å². The van der Waals surface area contributed by atoms with Crippen LogP contribution >= 0.6 is 12.8 Å². The van der Waals surface area contributed by atoms with Gasteiger partial charge in [0.25, 0.3) is 0 Å². The first-order valence-corrected chi connectivity index (χ1v) is 9.72. The first-order chi connectivity index (χ1) is 14.1. The van der Waals surface area contributed by atoms with Gasteiger partial charge in [0.15, 0.2) is 0 Å². The van der Waals surface area contributed by atoms with Gasteiger partial charge in [-0.3, -0.25) is 4.79 Å². The minimum absolute atomic E-state index is 0.0169. The number of piperidine rings is 1. The van der Waals surface area contributed by atoms with Gasteiger partial charge in [-0.15, -0.1) is 0 Å². The van der Waals surface area contributed by atoms with Gasteiger partial charge in [0.05, 0.1) is 11.3 Å². The largest absolute Gasteiger partial charge is 0.416 e. The van der Waals surface area contributed by atoms with Gasteiger partial charge in [-0.25, -0.2) is 9.10 Å². The number of amides is 3. The average molecular weight is 438 g/mol. The number of nitrogens with two attached hydrogens (primary N) is 1. The standard InChI is InChI=1S/C20H21F3N4O2S/c21-20(22,23)14-10-15(12-17(11-14)26-8-2-1-3-9-26)25-19(29)27(30)16-6-4-13(5-7-16)18(24)28/h4-7,10-12,30H,1-3,8-9H2,(H2,24,28)(H,25,29). The van der Waals surface area contributed by atoms with Gasteiger partial charge in [-0.05, 0) is 61.7 Å². The lowest BCUT2D eigenvalue weighted by Crippen LogP contribution is -2.30. The van der Waals surface area contributed by atoms with Crippen LogP contribution in [0.2, 0.25) is 0 Å². The van der Waals surface area contributed by atoms with Crippen LogP contribution in [0.1, 0.15) is 35.2 Å². The SMILES string of the molecule is NC(=O)c1ccc(N(S)C(=O)Nc2cc(N3CCCCC3)cc(C(F)(F)F)c2)cc1. The maximum Gasteiger partial charge on any atom is 0.416 e. The average Bonchev–Trinajstić information content (AvgIpc) is 2.73. The smallest absolute Gasteiger partial charge is 0.371 e. The summed E-state index contributed by atoms with van der Waals surface area (Å²) in [5.74, 6) is -0.620. The number of hydrogen-bond donors (Lipinski definition) is 3. The summed E-state index contributed by atoms with van der Waals surface area (Å²) in [5, 5.41) is 2.46. The molecule has 1 fully saturated rings. The van der Waals surface area contributed by atoms with Crippen molar-refractivity contribution < 1.29 is 22.8 Å². The molecule has 6 nitrogen and oxygen atoms in total. The molecule has 10 heteroatoms. The van der Waals surface area contributed by atoms with E-state index in [4.69, 9.17) is 5.73 Å². The van der Waals surface area contributed by atoms with E-state index in [1.165, 1.54) is 30.3 Å². The number of nitrogens with zero attached hydrogens (tertiary/aromatic N) is 2. The van der Waals surface area contributed by atoms with Crippen LogP contribution < -0.4 is 20.3 Å². The molecule has 1 aliphatic rings. The molecule has 0 aliphatic carbocycles. The second kappa shape index (κ2) is 8.86. The van der Waals surface area contributed by atoms with Crippen molar-refractivity contribution in [1.29, 1.82) is 0 Å². The van der Waals surface area contributed by atoms with Gasteiger partial charge in [-0.2, -0.15) is 13.2 Å². The Morgan fingerprint density at radius 3 is 2.23 bits per heavy atom. The minimum atomic E-state index is -4.55. The van der Waals surface area contributed by atoms with Gasteiger partial charge < -0.3 is 16.0 Å². The van der Waals surface area contributed by atoms with Gasteiger partial charge in [0.1, 0.15) is 0 Å². The van der Waals surface area contributed by atoms with Crippen molar-refractivity contribution >= 4 is 41.8 Å². The predicted molar refractivity (Wildman–Crippen MR) is 113 cm³/mol. The number of thiol groups is 1. The van der Waals surface area contributed by atoms with Crippen molar-refractivity contribution in [3.63, 3.8) is 0 Å². The monoisotopic (exact) mass is 438 g/mol. The lowest BCUT2D eigenvalue weighted by Gasteiger charge is -2.30. The quantitative estimate of drug-likeness (QED) is 0.607. The van der Waals surface area contributed by atoms with E-state index in [2.05, 4.69) is 18.1 Å². The molecule has 2 aromatic carbocycles. The van der Waals surface area contributed by atoms with Crippen LogP contribution in [0, 0.1) is 0 Å². The zero-order valence-electron chi connectivity index (χ0n) is 15.9. The summed E-state index contributed by atoms with van der Waals surface area (Å²) in [5.41, 5.74) is 5.35. The Balaban J connectivity index is 1.83. The van der Waals surface area contributed by atoms with Crippen LogP contribution in [0.4, 0.5) is 35.0 Å². The molecule has 1 saturated heterocycles. The molecular weight excluding hydrogens is 417 g/mol. The zero-order chi connectivity index (χ0) is 21.9. The summed E-state index contributed by atoms with van der Waals surface area (Å²) >= 11 is 4.11. The van der Waals surface area contributed by atoms with E-state index in [0.717, 1.165) is 35.7 Å². The molecule has 0 atom stereocenters. The van der Waals surface area contributed by atoms with Crippen molar-refractivity contribution in [2.24, 2.45) is 5.73 Å². The number of hydrogen-bond acceptors (Lipinski definition) is 4. The molecule has 3 N–H and O–H groups in total. The Bertz CT molecular complexity index is 929. The van der Waals surface area contributed by atoms with Crippen molar-refractivity contribution in [2.75, 3.05) is 27.6 Å². The number of benzene rings is 2. The fourth-order valence-electron chi connectivity index (χ4n) is 3.24. The highest BCUT2D eigenvalue weighted by Gasteiger charge is 2.32.